The summed E-state index contributed by atoms with van der Waals surface area (Å²) in [5.41, 5.74) is 5.38. The van der Waals surface area contributed by atoms with Gasteiger partial charge in [-0.05, 0) is 13.0 Å². The predicted octanol–water partition coefficient (Wildman–Crippen LogP) is -0.0126. The average Bonchev–Trinajstić information content (AvgIpc) is 2.04. The summed E-state index contributed by atoms with van der Waals surface area (Å²) >= 11 is 0. The zero-order valence-electron chi connectivity index (χ0n) is 7.69. The van der Waals surface area contributed by atoms with Gasteiger partial charge in [-0.3, -0.25) is 4.79 Å². The molecule has 0 aliphatic carbocycles. The first-order chi connectivity index (χ1) is 6.22. The Bertz CT molecular complexity index is 172. The van der Waals surface area contributed by atoms with Crippen molar-refractivity contribution in [2.24, 2.45) is 5.73 Å². The Morgan fingerprint density at radius 1 is 1.62 bits per heavy atom. The van der Waals surface area contributed by atoms with Crippen molar-refractivity contribution >= 4 is 5.97 Å². The Hall–Kier alpha value is -0.650. The quantitative estimate of drug-likeness (QED) is 0.632. The Balaban J connectivity index is 2.28. The standard InChI is InChI=1S/C8H15NO4/c1-6(10)13-8-4-7(2-3-9)11-5-12-8/h7-8H,2-5,9H2,1H3/t7-,8-/m1/s1. The lowest BCUT2D eigenvalue weighted by Crippen LogP contribution is -2.35. The lowest BCUT2D eigenvalue weighted by molar-refractivity contribution is -0.251. The summed E-state index contributed by atoms with van der Waals surface area (Å²) in [5.74, 6) is -0.335. The Kier molecular flexibility index (Phi) is 4.14. The highest BCUT2D eigenvalue weighted by molar-refractivity contribution is 5.66. The van der Waals surface area contributed by atoms with E-state index in [9.17, 15) is 4.79 Å². The van der Waals surface area contributed by atoms with Crippen molar-refractivity contribution in [1.29, 1.82) is 0 Å². The molecule has 0 bridgehead atoms. The second-order valence-corrected chi connectivity index (χ2v) is 2.93. The van der Waals surface area contributed by atoms with Gasteiger partial charge >= 0.3 is 5.97 Å². The van der Waals surface area contributed by atoms with Crippen LogP contribution in [0.1, 0.15) is 19.8 Å². The second-order valence-electron chi connectivity index (χ2n) is 2.93. The van der Waals surface area contributed by atoms with Gasteiger partial charge in [-0.25, -0.2) is 0 Å². The van der Waals surface area contributed by atoms with E-state index in [-0.39, 0.29) is 18.9 Å². The van der Waals surface area contributed by atoms with Crippen molar-refractivity contribution < 1.29 is 19.0 Å². The van der Waals surface area contributed by atoms with Crippen LogP contribution in [-0.2, 0) is 19.0 Å². The zero-order valence-corrected chi connectivity index (χ0v) is 7.69. The molecule has 2 atom stereocenters. The molecule has 0 saturated carbocycles. The van der Waals surface area contributed by atoms with Gasteiger partial charge in [0, 0.05) is 13.3 Å². The third kappa shape index (κ3) is 3.71. The Morgan fingerprint density at radius 2 is 2.38 bits per heavy atom. The minimum absolute atomic E-state index is 0.0445. The summed E-state index contributed by atoms with van der Waals surface area (Å²) < 4.78 is 15.2. The summed E-state index contributed by atoms with van der Waals surface area (Å²) in [5, 5.41) is 0. The summed E-state index contributed by atoms with van der Waals surface area (Å²) in [6.45, 7) is 2.09. The van der Waals surface area contributed by atoms with Crippen LogP contribution in [0.3, 0.4) is 0 Å². The Morgan fingerprint density at radius 3 is 3.00 bits per heavy atom. The number of ether oxygens (including phenoxy) is 3. The summed E-state index contributed by atoms with van der Waals surface area (Å²) in [6.07, 6.45) is 0.906. The van der Waals surface area contributed by atoms with Crippen LogP contribution in [0.4, 0.5) is 0 Å². The molecule has 5 nitrogen and oxygen atoms in total. The number of carbonyl (C=O) groups is 1. The highest BCUT2D eigenvalue weighted by Crippen LogP contribution is 2.16. The van der Waals surface area contributed by atoms with Crippen LogP contribution < -0.4 is 5.73 Å². The first kappa shape index (κ1) is 10.4. The molecule has 0 radical (unpaired) electrons. The fourth-order valence-corrected chi connectivity index (χ4v) is 1.22. The molecule has 1 aliphatic rings. The van der Waals surface area contributed by atoms with Crippen LogP contribution in [0.25, 0.3) is 0 Å². The molecular formula is C8H15NO4. The van der Waals surface area contributed by atoms with Crippen molar-refractivity contribution in [2.45, 2.75) is 32.2 Å². The molecule has 0 aromatic rings. The predicted molar refractivity (Wildman–Crippen MR) is 44.7 cm³/mol. The molecule has 1 rings (SSSR count). The lowest BCUT2D eigenvalue weighted by atomic mass is 10.1. The van der Waals surface area contributed by atoms with Crippen molar-refractivity contribution in [2.75, 3.05) is 13.3 Å². The Labute approximate surface area is 77.1 Å². The van der Waals surface area contributed by atoms with Gasteiger partial charge < -0.3 is 19.9 Å². The van der Waals surface area contributed by atoms with E-state index in [1.54, 1.807) is 0 Å². The molecule has 5 heteroatoms. The molecule has 1 aliphatic heterocycles. The highest BCUT2D eigenvalue weighted by Gasteiger charge is 2.24. The minimum Gasteiger partial charge on any atom is -0.436 e. The van der Waals surface area contributed by atoms with Crippen molar-refractivity contribution in [3.05, 3.63) is 0 Å². The van der Waals surface area contributed by atoms with Gasteiger partial charge in [0.25, 0.3) is 0 Å². The number of nitrogens with two attached hydrogens (primary N) is 1. The van der Waals surface area contributed by atoms with E-state index >= 15 is 0 Å². The van der Waals surface area contributed by atoms with Crippen molar-refractivity contribution in [3.63, 3.8) is 0 Å². The molecule has 0 aromatic carbocycles. The van der Waals surface area contributed by atoms with E-state index in [1.165, 1.54) is 6.92 Å². The first-order valence-electron chi connectivity index (χ1n) is 4.33. The molecule has 2 N–H and O–H groups in total. The monoisotopic (exact) mass is 189 g/mol. The lowest BCUT2D eigenvalue weighted by Gasteiger charge is -2.28. The molecule has 1 fully saturated rings. The number of hydrogen-bond donors (Lipinski definition) is 1. The van der Waals surface area contributed by atoms with Gasteiger partial charge in [-0.2, -0.15) is 0 Å². The normalized spacial score (nSPS) is 28.5. The first-order valence-corrected chi connectivity index (χ1v) is 4.33. The zero-order chi connectivity index (χ0) is 9.68. The van der Waals surface area contributed by atoms with Gasteiger partial charge in [0.05, 0.1) is 6.10 Å². The molecule has 13 heavy (non-hydrogen) atoms. The van der Waals surface area contributed by atoms with Gasteiger partial charge in [-0.15, -0.1) is 0 Å². The smallest absolute Gasteiger partial charge is 0.304 e. The SMILES string of the molecule is CC(=O)O[C@@H]1C[C@@H](CCN)OCO1. The summed E-state index contributed by atoms with van der Waals surface area (Å²) in [6, 6.07) is 0. The fourth-order valence-electron chi connectivity index (χ4n) is 1.22. The highest BCUT2D eigenvalue weighted by atomic mass is 16.8. The average molecular weight is 189 g/mol. The molecule has 76 valence electrons. The third-order valence-electron chi connectivity index (χ3n) is 1.80. The largest absolute Gasteiger partial charge is 0.436 e. The third-order valence-corrected chi connectivity index (χ3v) is 1.80. The van der Waals surface area contributed by atoms with Crippen molar-refractivity contribution in [3.8, 4) is 0 Å². The van der Waals surface area contributed by atoms with Gasteiger partial charge in [0.1, 0.15) is 0 Å². The maximum absolute atomic E-state index is 10.6. The van der Waals surface area contributed by atoms with Crippen LogP contribution in [0.2, 0.25) is 0 Å². The number of carbonyl (C=O) groups excluding carboxylic acids is 1. The molecule has 0 spiro atoms. The van der Waals surface area contributed by atoms with E-state index < -0.39 is 6.29 Å². The molecule has 0 amide bonds. The molecule has 0 unspecified atom stereocenters. The van der Waals surface area contributed by atoms with E-state index in [0.29, 0.717) is 13.0 Å². The fraction of sp³-hybridized carbons (Fsp3) is 0.875. The van der Waals surface area contributed by atoms with E-state index in [2.05, 4.69) is 0 Å². The van der Waals surface area contributed by atoms with E-state index in [0.717, 1.165) is 6.42 Å². The maximum Gasteiger partial charge on any atom is 0.304 e. The van der Waals surface area contributed by atoms with Crippen LogP contribution >= 0.6 is 0 Å². The number of esters is 1. The molecule has 1 saturated heterocycles. The van der Waals surface area contributed by atoms with E-state index in [1.807, 2.05) is 0 Å². The van der Waals surface area contributed by atoms with Gasteiger partial charge in [-0.1, -0.05) is 0 Å². The molecular weight excluding hydrogens is 174 g/mol. The second kappa shape index (κ2) is 5.16. The molecule has 0 aromatic heterocycles. The summed E-state index contributed by atoms with van der Waals surface area (Å²) in [4.78, 5) is 10.6. The van der Waals surface area contributed by atoms with Crippen LogP contribution in [0.5, 0.6) is 0 Å². The van der Waals surface area contributed by atoms with Gasteiger partial charge in [0.15, 0.2) is 6.79 Å². The maximum atomic E-state index is 10.6. The minimum atomic E-state index is -0.470. The molecule has 1 heterocycles. The van der Waals surface area contributed by atoms with Gasteiger partial charge in [0.2, 0.25) is 6.29 Å². The van der Waals surface area contributed by atoms with Crippen molar-refractivity contribution in [1.82, 2.24) is 0 Å². The van der Waals surface area contributed by atoms with Crippen LogP contribution in [-0.4, -0.2) is 31.7 Å². The van der Waals surface area contributed by atoms with Crippen LogP contribution in [0.15, 0.2) is 0 Å². The summed E-state index contributed by atoms with van der Waals surface area (Å²) in [7, 11) is 0. The van der Waals surface area contributed by atoms with Crippen LogP contribution in [0, 0.1) is 0 Å². The number of hydrogen-bond acceptors (Lipinski definition) is 5. The number of rotatable bonds is 3. The van der Waals surface area contributed by atoms with E-state index in [4.69, 9.17) is 19.9 Å². The topological polar surface area (TPSA) is 70.8 Å².